The van der Waals surface area contributed by atoms with Gasteiger partial charge in [0.25, 0.3) is 0 Å². The maximum Gasteiger partial charge on any atom is 0.407 e. The van der Waals surface area contributed by atoms with Crippen LogP contribution in [0, 0.1) is 5.92 Å². The first-order valence-electron chi connectivity index (χ1n) is 8.39. The number of hydrogen-bond donors (Lipinski definition) is 1. The summed E-state index contributed by atoms with van der Waals surface area (Å²) in [6.45, 7) is 5.62. The first-order valence-corrected chi connectivity index (χ1v) is 8.39. The molecule has 0 heterocycles. The summed E-state index contributed by atoms with van der Waals surface area (Å²) >= 11 is 0. The molecule has 0 aromatic heterocycles. The molecule has 1 aromatic carbocycles. The van der Waals surface area contributed by atoms with Crippen LogP contribution in [0.5, 0.6) is 0 Å². The van der Waals surface area contributed by atoms with Crippen molar-refractivity contribution < 1.29 is 14.3 Å². The van der Waals surface area contributed by atoms with Gasteiger partial charge in [-0.1, -0.05) is 30.7 Å². The van der Waals surface area contributed by atoms with E-state index in [-0.39, 0.29) is 12.1 Å². The maximum absolute atomic E-state index is 11.9. The molecule has 1 aliphatic rings. The van der Waals surface area contributed by atoms with Crippen molar-refractivity contribution in [2.45, 2.75) is 64.5 Å². The molecule has 1 amide bonds. The molecule has 0 bridgehead atoms. The largest absolute Gasteiger partial charge is 0.444 e. The topological polar surface area (TPSA) is 55.4 Å². The van der Waals surface area contributed by atoms with Gasteiger partial charge in [-0.05, 0) is 57.9 Å². The Morgan fingerprint density at radius 2 is 1.96 bits per heavy atom. The predicted octanol–water partition coefficient (Wildman–Crippen LogP) is 4.13. The van der Waals surface area contributed by atoms with Crippen LogP contribution in [0.15, 0.2) is 24.3 Å². The quantitative estimate of drug-likeness (QED) is 0.850. The zero-order valence-electron chi connectivity index (χ0n) is 14.3. The van der Waals surface area contributed by atoms with E-state index in [9.17, 15) is 9.59 Å². The van der Waals surface area contributed by atoms with Crippen LogP contribution in [0.1, 0.15) is 62.4 Å². The maximum atomic E-state index is 11.9. The van der Waals surface area contributed by atoms with Crippen molar-refractivity contribution in [1.82, 2.24) is 5.32 Å². The second kappa shape index (κ2) is 7.62. The molecule has 2 rings (SSSR count). The summed E-state index contributed by atoms with van der Waals surface area (Å²) in [7, 11) is 0. The van der Waals surface area contributed by atoms with Crippen molar-refractivity contribution in [3.8, 4) is 0 Å². The second-order valence-corrected chi connectivity index (χ2v) is 7.44. The number of benzene rings is 1. The molecule has 0 spiro atoms. The summed E-state index contributed by atoms with van der Waals surface area (Å²) in [5.41, 5.74) is 1.50. The zero-order valence-corrected chi connectivity index (χ0v) is 14.3. The normalized spacial score (nSPS) is 21.5. The molecule has 23 heavy (non-hydrogen) atoms. The van der Waals surface area contributed by atoms with E-state index in [1.807, 2.05) is 45.0 Å². The van der Waals surface area contributed by atoms with Crippen LogP contribution >= 0.6 is 0 Å². The fourth-order valence-electron chi connectivity index (χ4n) is 3.15. The molecule has 4 heteroatoms. The summed E-state index contributed by atoms with van der Waals surface area (Å²) in [6, 6.07) is 7.96. The predicted molar refractivity (Wildman–Crippen MR) is 90.6 cm³/mol. The van der Waals surface area contributed by atoms with E-state index in [0.717, 1.165) is 32.0 Å². The van der Waals surface area contributed by atoms with Gasteiger partial charge < -0.3 is 10.1 Å². The van der Waals surface area contributed by atoms with E-state index >= 15 is 0 Å². The summed E-state index contributed by atoms with van der Waals surface area (Å²) < 4.78 is 5.34. The second-order valence-electron chi connectivity index (χ2n) is 7.44. The minimum Gasteiger partial charge on any atom is -0.444 e. The van der Waals surface area contributed by atoms with Crippen molar-refractivity contribution in [2.75, 3.05) is 0 Å². The lowest BCUT2D eigenvalue weighted by molar-refractivity contribution is 0.0484. The third-order valence-electron chi connectivity index (χ3n) is 4.14. The van der Waals surface area contributed by atoms with Gasteiger partial charge in [0, 0.05) is 11.6 Å². The fraction of sp³-hybridized carbons (Fsp3) is 0.579. The molecule has 1 saturated carbocycles. The zero-order chi connectivity index (χ0) is 16.9. The molecule has 1 aliphatic carbocycles. The minimum atomic E-state index is -0.460. The Kier molecular flexibility index (Phi) is 5.80. The molecule has 2 unspecified atom stereocenters. The smallest absolute Gasteiger partial charge is 0.407 e. The van der Waals surface area contributed by atoms with Crippen molar-refractivity contribution in [3.05, 3.63) is 35.4 Å². The van der Waals surface area contributed by atoms with Gasteiger partial charge in [-0.3, -0.25) is 4.79 Å². The van der Waals surface area contributed by atoms with Gasteiger partial charge in [0.2, 0.25) is 0 Å². The number of carbonyl (C=O) groups is 2. The minimum absolute atomic E-state index is 0.192. The number of aldehydes is 1. The summed E-state index contributed by atoms with van der Waals surface area (Å²) in [4.78, 5) is 22.6. The molecule has 0 radical (unpaired) electrons. The summed E-state index contributed by atoms with van der Waals surface area (Å²) in [6.07, 6.45) is 5.84. The Balaban J connectivity index is 1.85. The monoisotopic (exact) mass is 317 g/mol. The SMILES string of the molecule is CC(C)(C)OC(=O)NC1CCCC(Cc2ccc(C=O)cc2)C1. The number of nitrogens with one attached hydrogen (secondary N) is 1. The highest BCUT2D eigenvalue weighted by atomic mass is 16.6. The number of rotatable bonds is 4. The van der Waals surface area contributed by atoms with Crippen LogP contribution in [-0.2, 0) is 11.2 Å². The van der Waals surface area contributed by atoms with Crippen LogP contribution in [0.3, 0.4) is 0 Å². The highest BCUT2D eigenvalue weighted by Crippen LogP contribution is 2.27. The first kappa shape index (κ1) is 17.5. The van der Waals surface area contributed by atoms with Gasteiger partial charge in [-0.25, -0.2) is 4.79 Å². The van der Waals surface area contributed by atoms with Crippen LogP contribution < -0.4 is 5.32 Å². The van der Waals surface area contributed by atoms with Gasteiger partial charge in [-0.15, -0.1) is 0 Å². The number of ether oxygens (including phenoxy) is 1. The third-order valence-corrected chi connectivity index (χ3v) is 4.14. The van der Waals surface area contributed by atoms with Crippen molar-refractivity contribution in [3.63, 3.8) is 0 Å². The molecule has 1 aromatic rings. The van der Waals surface area contributed by atoms with Gasteiger partial charge >= 0.3 is 6.09 Å². The van der Waals surface area contributed by atoms with Crippen LogP contribution in [0.2, 0.25) is 0 Å². The lowest BCUT2D eigenvalue weighted by atomic mass is 9.82. The molecule has 1 N–H and O–H groups in total. The Bertz CT molecular complexity index is 531. The van der Waals surface area contributed by atoms with E-state index in [0.29, 0.717) is 11.5 Å². The van der Waals surface area contributed by atoms with E-state index in [1.54, 1.807) is 0 Å². The third kappa shape index (κ3) is 6.05. The van der Waals surface area contributed by atoms with Gasteiger partial charge in [0.05, 0.1) is 0 Å². The summed E-state index contributed by atoms with van der Waals surface area (Å²) in [5.74, 6) is 0.561. The van der Waals surface area contributed by atoms with Crippen LogP contribution in [0.25, 0.3) is 0 Å². The molecular weight excluding hydrogens is 290 g/mol. The molecule has 0 saturated heterocycles. The average Bonchev–Trinajstić information content (AvgIpc) is 2.46. The van der Waals surface area contributed by atoms with E-state index in [4.69, 9.17) is 4.74 Å². The molecular formula is C19H27NO3. The standard InChI is InChI=1S/C19H27NO3/c1-19(2,3)23-18(22)20-17-6-4-5-16(12-17)11-14-7-9-15(13-21)10-8-14/h7-10,13,16-17H,4-6,11-12H2,1-3H3,(H,20,22). The highest BCUT2D eigenvalue weighted by molar-refractivity contribution is 5.74. The first-order chi connectivity index (χ1) is 10.9. The molecule has 0 aliphatic heterocycles. The molecule has 2 atom stereocenters. The number of amides is 1. The molecule has 1 fully saturated rings. The Morgan fingerprint density at radius 3 is 2.57 bits per heavy atom. The van der Waals surface area contributed by atoms with E-state index < -0.39 is 5.60 Å². The van der Waals surface area contributed by atoms with Gasteiger partial charge in [0.15, 0.2) is 0 Å². The van der Waals surface area contributed by atoms with Crippen molar-refractivity contribution >= 4 is 12.4 Å². The fourth-order valence-corrected chi connectivity index (χ4v) is 3.15. The lowest BCUT2D eigenvalue weighted by Crippen LogP contribution is -2.41. The molecule has 4 nitrogen and oxygen atoms in total. The Labute approximate surface area is 138 Å². The Morgan fingerprint density at radius 1 is 1.26 bits per heavy atom. The lowest BCUT2D eigenvalue weighted by Gasteiger charge is -2.30. The van der Waals surface area contributed by atoms with E-state index in [1.165, 1.54) is 12.0 Å². The van der Waals surface area contributed by atoms with Crippen LogP contribution in [-0.4, -0.2) is 24.0 Å². The molecule has 126 valence electrons. The van der Waals surface area contributed by atoms with Crippen molar-refractivity contribution in [1.29, 1.82) is 0 Å². The van der Waals surface area contributed by atoms with Crippen LogP contribution in [0.4, 0.5) is 4.79 Å². The van der Waals surface area contributed by atoms with Gasteiger partial charge in [-0.2, -0.15) is 0 Å². The summed E-state index contributed by atoms with van der Waals surface area (Å²) in [5, 5.41) is 3.00. The van der Waals surface area contributed by atoms with Crippen molar-refractivity contribution in [2.24, 2.45) is 5.92 Å². The highest BCUT2D eigenvalue weighted by Gasteiger charge is 2.25. The van der Waals surface area contributed by atoms with Gasteiger partial charge in [0.1, 0.15) is 11.9 Å². The number of alkyl carbamates (subject to hydrolysis) is 1. The van der Waals surface area contributed by atoms with E-state index in [2.05, 4.69) is 5.32 Å². The average molecular weight is 317 g/mol. The number of hydrogen-bond acceptors (Lipinski definition) is 3. The Hall–Kier alpha value is -1.84. The number of carbonyl (C=O) groups excluding carboxylic acids is 2.